The normalized spacial score (nSPS) is 12.8. The van der Waals surface area contributed by atoms with Gasteiger partial charge in [0.2, 0.25) is 10.0 Å². The predicted molar refractivity (Wildman–Crippen MR) is 107 cm³/mol. The Hall–Kier alpha value is -1.91. The lowest BCUT2D eigenvalue weighted by Crippen LogP contribution is -2.37. The fourth-order valence-electron chi connectivity index (χ4n) is 2.93. The monoisotopic (exact) mass is 455 g/mol. The highest BCUT2D eigenvalue weighted by atomic mass is 79.9. The van der Waals surface area contributed by atoms with Crippen molar-refractivity contribution >= 4 is 37.0 Å². The Morgan fingerprint density at radius 2 is 1.74 bits per heavy atom. The smallest absolute Gasteiger partial charge is 0.295 e. The number of imidazole rings is 1. The van der Waals surface area contributed by atoms with E-state index in [0.717, 1.165) is 5.69 Å². The number of rotatable bonds is 5. The fraction of sp³-hybridized carbons (Fsp3) is 0.412. The van der Waals surface area contributed by atoms with Crippen LogP contribution >= 0.6 is 15.9 Å². The Bertz CT molecular complexity index is 1190. The Kier molecular flexibility index (Phi) is 4.86. The molecule has 2 heterocycles. The van der Waals surface area contributed by atoms with Crippen molar-refractivity contribution in [1.82, 2.24) is 23.6 Å². The number of nitrogens with zero attached hydrogens (tertiary/aromatic N) is 4. The van der Waals surface area contributed by atoms with Crippen LogP contribution in [0.15, 0.2) is 38.6 Å². The second-order valence-corrected chi connectivity index (χ2v) is 9.84. The van der Waals surface area contributed by atoms with Crippen LogP contribution in [0, 0.1) is 0 Å². The van der Waals surface area contributed by atoms with Crippen molar-refractivity contribution in [2.75, 3.05) is 6.54 Å². The molecule has 3 rings (SSSR count). The molecule has 0 aliphatic heterocycles. The predicted octanol–water partition coefficient (Wildman–Crippen LogP) is 1.63. The van der Waals surface area contributed by atoms with Gasteiger partial charge in [-0.2, -0.15) is 5.10 Å². The number of hydrogen-bond donors (Lipinski definition) is 1. The maximum atomic E-state index is 12.9. The van der Waals surface area contributed by atoms with Gasteiger partial charge in [0, 0.05) is 43.8 Å². The molecule has 0 unspecified atom stereocenters. The van der Waals surface area contributed by atoms with Gasteiger partial charge in [0.15, 0.2) is 0 Å². The Labute approximate surface area is 166 Å². The number of aromatic nitrogens is 4. The van der Waals surface area contributed by atoms with Gasteiger partial charge in [-0.25, -0.2) is 17.9 Å². The highest BCUT2D eigenvalue weighted by molar-refractivity contribution is 9.10. The van der Waals surface area contributed by atoms with Crippen LogP contribution in [0.1, 0.15) is 19.5 Å². The molecule has 0 amide bonds. The van der Waals surface area contributed by atoms with Gasteiger partial charge in [-0.05, 0) is 34.1 Å². The van der Waals surface area contributed by atoms with E-state index in [9.17, 15) is 13.2 Å². The fourth-order valence-corrected chi connectivity index (χ4v) is 5.19. The second kappa shape index (κ2) is 6.61. The molecule has 3 aromatic rings. The maximum absolute atomic E-state index is 12.9. The number of nitrogens with one attached hydrogen (secondary N) is 1. The van der Waals surface area contributed by atoms with Crippen LogP contribution in [0.3, 0.4) is 0 Å². The number of halogens is 1. The van der Waals surface area contributed by atoms with Gasteiger partial charge in [-0.15, -0.1) is 0 Å². The van der Waals surface area contributed by atoms with Crippen LogP contribution in [-0.2, 0) is 36.6 Å². The molecule has 146 valence electrons. The Morgan fingerprint density at radius 3 is 2.30 bits per heavy atom. The third-order valence-corrected chi connectivity index (χ3v) is 7.09. The molecule has 0 bridgehead atoms. The minimum Gasteiger partial charge on any atom is -0.295 e. The molecular formula is C17H22BrN5O3S. The van der Waals surface area contributed by atoms with Crippen molar-refractivity contribution in [2.24, 2.45) is 21.1 Å². The van der Waals surface area contributed by atoms with Crippen LogP contribution in [0.4, 0.5) is 0 Å². The SMILES string of the molecule is Cn1ccc(C(C)(C)CNS(=O)(=O)c2cc3c(cc2Br)n(C)c(=O)n3C)n1. The average Bonchev–Trinajstić information content (AvgIpc) is 3.12. The summed E-state index contributed by atoms with van der Waals surface area (Å²) in [6.07, 6.45) is 1.83. The lowest BCUT2D eigenvalue weighted by atomic mass is 9.90. The highest BCUT2D eigenvalue weighted by Gasteiger charge is 2.28. The first kappa shape index (κ1) is 19.8. The number of aryl methyl sites for hydroxylation is 3. The number of hydrogen-bond acceptors (Lipinski definition) is 4. The molecule has 1 aromatic carbocycles. The van der Waals surface area contributed by atoms with E-state index in [1.54, 1.807) is 24.8 Å². The quantitative estimate of drug-likeness (QED) is 0.632. The van der Waals surface area contributed by atoms with Crippen molar-refractivity contribution in [3.8, 4) is 0 Å². The van der Waals surface area contributed by atoms with Crippen molar-refractivity contribution in [3.63, 3.8) is 0 Å². The first-order chi connectivity index (χ1) is 12.4. The summed E-state index contributed by atoms with van der Waals surface area (Å²) in [7, 11) is 1.30. The molecule has 10 heteroatoms. The summed E-state index contributed by atoms with van der Waals surface area (Å²) in [5, 5.41) is 4.37. The minimum absolute atomic E-state index is 0.0908. The van der Waals surface area contributed by atoms with Gasteiger partial charge in [0.25, 0.3) is 0 Å². The van der Waals surface area contributed by atoms with Crippen LogP contribution < -0.4 is 10.4 Å². The molecule has 0 spiro atoms. The molecule has 0 radical (unpaired) electrons. The first-order valence-corrected chi connectivity index (χ1v) is 10.6. The zero-order chi connectivity index (χ0) is 20.1. The van der Waals surface area contributed by atoms with E-state index >= 15 is 0 Å². The zero-order valence-electron chi connectivity index (χ0n) is 15.8. The first-order valence-electron chi connectivity index (χ1n) is 8.29. The van der Waals surface area contributed by atoms with E-state index in [1.165, 1.54) is 15.2 Å². The largest absolute Gasteiger partial charge is 0.328 e. The third kappa shape index (κ3) is 3.48. The van der Waals surface area contributed by atoms with Gasteiger partial charge in [0.1, 0.15) is 0 Å². The van der Waals surface area contributed by atoms with Crippen LogP contribution in [0.25, 0.3) is 11.0 Å². The standard InChI is InChI=1S/C17H22BrN5O3S/c1-17(2,15-6-7-21(3)20-15)10-19-27(25,26)14-9-13-12(8-11(14)18)22(4)16(24)23(13)5/h6-9,19H,10H2,1-5H3. The zero-order valence-corrected chi connectivity index (χ0v) is 18.2. The molecular weight excluding hydrogens is 434 g/mol. The van der Waals surface area contributed by atoms with Crippen molar-refractivity contribution in [3.05, 3.63) is 45.0 Å². The van der Waals surface area contributed by atoms with Gasteiger partial charge >= 0.3 is 5.69 Å². The summed E-state index contributed by atoms with van der Waals surface area (Å²) in [6.45, 7) is 4.04. The lowest BCUT2D eigenvalue weighted by Gasteiger charge is -2.23. The number of benzene rings is 1. The molecule has 0 aliphatic carbocycles. The molecule has 27 heavy (non-hydrogen) atoms. The van der Waals surface area contributed by atoms with E-state index in [1.807, 2.05) is 33.2 Å². The Morgan fingerprint density at radius 1 is 1.15 bits per heavy atom. The highest BCUT2D eigenvalue weighted by Crippen LogP contribution is 2.28. The van der Waals surface area contributed by atoms with E-state index in [-0.39, 0.29) is 17.1 Å². The average molecular weight is 456 g/mol. The summed E-state index contributed by atoms with van der Waals surface area (Å²) in [5.74, 6) is 0. The molecule has 0 atom stereocenters. The van der Waals surface area contributed by atoms with Gasteiger partial charge < -0.3 is 0 Å². The lowest BCUT2D eigenvalue weighted by molar-refractivity contribution is 0.482. The minimum atomic E-state index is -3.79. The third-order valence-electron chi connectivity index (χ3n) is 4.73. The molecule has 0 saturated heterocycles. The molecule has 1 N–H and O–H groups in total. The van der Waals surface area contributed by atoms with E-state index in [0.29, 0.717) is 15.5 Å². The van der Waals surface area contributed by atoms with Crippen LogP contribution in [0.2, 0.25) is 0 Å². The molecule has 0 saturated carbocycles. The van der Waals surface area contributed by atoms with Crippen molar-refractivity contribution in [2.45, 2.75) is 24.2 Å². The molecule has 8 nitrogen and oxygen atoms in total. The molecule has 2 aromatic heterocycles. The molecule has 0 aliphatic rings. The summed E-state index contributed by atoms with van der Waals surface area (Å²) in [4.78, 5) is 12.2. The summed E-state index contributed by atoms with van der Waals surface area (Å²) >= 11 is 3.33. The topological polar surface area (TPSA) is 90.9 Å². The Balaban J connectivity index is 1.96. The number of sulfonamides is 1. The maximum Gasteiger partial charge on any atom is 0.328 e. The van der Waals surface area contributed by atoms with Gasteiger partial charge in [-0.3, -0.25) is 13.8 Å². The van der Waals surface area contributed by atoms with Crippen LogP contribution in [-0.4, -0.2) is 33.9 Å². The van der Waals surface area contributed by atoms with Gasteiger partial charge in [-0.1, -0.05) is 13.8 Å². The van der Waals surface area contributed by atoms with Crippen LogP contribution in [0.5, 0.6) is 0 Å². The van der Waals surface area contributed by atoms with Crippen molar-refractivity contribution < 1.29 is 8.42 Å². The van der Waals surface area contributed by atoms with Crippen molar-refractivity contribution in [1.29, 1.82) is 0 Å². The van der Waals surface area contributed by atoms with E-state index in [2.05, 4.69) is 25.8 Å². The summed E-state index contributed by atoms with van der Waals surface area (Å²) in [6, 6.07) is 5.03. The van der Waals surface area contributed by atoms with E-state index < -0.39 is 15.4 Å². The summed E-state index contributed by atoms with van der Waals surface area (Å²) in [5.41, 5.74) is 1.31. The van der Waals surface area contributed by atoms with Gasteiger partial charge in [0.05, 0.1) is 21.6 Å². The summed E-state index contributed by atoms with van der Waals surface area (Å²) < 4.78 is 33.5. The molecule has 0 fully saturated rings. The number of fused-ring (bicyclic) bond motifs is 1. The second-order valence-electron chi connectivity index (χ2n) is 7.26. The van der Waals surface area contributed by atoms with E-state index in [4.69, 9.17) is 0 Å².